The van der Waals surface area contributed by atoms with E-state index in [-0.39, 0.29) is 18.0 Å². The minimum absolute atomic E-state index is 0. The Kier molecular flexibility index (Phi) is 6.87. The number of benzene rings is 2. The van der Waals surface area contributed by atoms with E-state index >= 15 is 0 Å². The highest BCUT2D eigenvalue weighted by Gasteiger charge is 2.32. The predicted molar refractivity (Wildman–Crippen MR) is 110 cm³/mol. The number of anilines is 1. The molecule has 0 unspecified atom stereocenters. The molecule has 0 saturated heterocycles. The topological polar surface area (TPSA) is 46.9 Å². The van der Waals surface area contributed by atoms with Crippen LogP contribution < -0.4 is 5.32 Å². The standard InChI is InChI=1S/C21H18F3N3O.ClH/c1-14-25-13-19(27(14)2)16-7-5-8-17(12-16)26-20(28)11-10-15-6-3-4-9-18(15)21(22,23)24;/h3-13H,1-2H3,(H,26,28);1H/b11-10+;. The summed E-state index contributed by atoms with van der Waals surface area (Å²) in [5.74, 6) is 0.339. The second kappa shape index (κ2) is 8.96. The van der Waals surface area contributed by atoms with E-state index in [4.69, 9.17) is 0 Å². The van der Waals surface area contributed by atoms with Gasteiger partial charge in [0, 0.05) is 24.4 Å². The Bertz CT molecular complexity index is 1040. The van der Waals surface area contributed by atoms with E-state index in [0.717, 1.165) is 35.3 Å². The minimum Gasteiger partial charge on any atom is -0.331 e. The van der Waals surface area contributed by atoms with Crippen LogP contribution in [-0.2, 0) is 18.0 Å². The van der Waals surface area contributed by atoms with Gasteiger partial charge in [-0.2, -0.15) is 13.2 Å². The molecule has 0 fully saturated rings. The van der Waals surface area contributed by atoms with E-state index < -0.39 is 17.6 Å². The fraction of sp³-hybridized carbons (Fsp3) is 0.143. The van der Waals surface area contributed by atoms with E-state index in [1.54, 1.807) is 24.4 Å². The Morgan fingerprint density at radius 2 is 1.86 bits per heavy atom. The smallest absolute Gasteiger partial charge is 0.331 e. The first-order valence-corrected chi connectivity index (χ1v) is 8.50. The first kappa shape index (κ1) is 22.2. The van der Waals surface area contributed by atoms with Gasteiger partial charge < -0.3 is 9.88 Å². The first-order chi connectivity index (χ1) is 13.3. The van der Waals surface area contributed by atoms with Crippen LogP contribution in [0.1, 0.15) is 17.0 Å². The van der Waals surface area contributed by atoms with Crippen LogP contribution in [0.15, 0.2) is 60.8 Å². The lowest BCUT2D eigenvalue weighted by molar-refractivity contribution is -0.137. The highest BCUT2D eigenvalue weighted by Crippen LogP contribution is 2.32. The summed E-state index contributed by atoms with van der Waals surface area (Å²) >= 11 is 0. The Hall–Kier alpha value is -3.06. The number of aryl methyl sites for hydroxylation is 1. The molecule has 0 aliphatic carbocycles. The van der Waals surface area contributed by atoms with Gasteiger partial charge in [0.2, 0.25) is 5.91 Å². The van der Waals surface area contributed by atoms with Crippen LogP contribution in [-0.4, -0.2) is 15.5 Å². The van der Waals surface area contributed by atoms with Crippen molar-refractivity contribution in [2.75, 3.05) is 5.32 Å². The number of hydrogen-bond donors (Lipinski definition) is 1. The van der Waals surface area contributed by atoms with Crippen LogP contribution in [0.2, 0.25) is 0 Å². The molecule has 152 valence electrons. The number of nitrogens with one attached hydrogen (secondary N) is 1. The predicted octanol–water partition coefficient (Wildman–Crippen LogP) is 5.49. The van der Waals surface area contributed by atoms with Crippen molar-refractivity contribution in [1.29, 1.82) is 0 Å². The van der Waals surface area contributed by atoms with Gasteiger partial charge in [-0.25, -0.2) is 4.98 Å². The number of imidazole rings is 1. The third-order valence-electron chi connectivity index (χ3n) is 4.33. The molecule has 0 radical (unpaired) electrons. The molecule has 3 aromatic rings. The van der Waals surface area contributed by atoms with E-state index in [2.05, 4.69) is 10.3 Å². The van der Waals surface area contributed by atoms with Crippen LogP contribution in [0.4, 0.5) is 18.9 Å². The largest absolute Gasteiger partial charge is 0.416 e. The third-order valence-corrected chi connectivity index (χ3v) is 4.33. The number of hydrogen-bond acceptors (Lipinski definition) is 2. The maximum atomic E-state index is 13.0. The molecule has 0 atom stereocenters. The monoisotopic (exact) mass is 421 g/mol. The van der Waals surface area contributed by atoms with E-state index in [1.807, 2.05) is 24.6 Å². The number of halogens is 4. The molecule has 1 heterocycles. The van der Waals surface area contributed by atoms with Crippen LogP contribution in [0.3, 0.4) is 0 Å². The van der Waals surface area contributed by atoms with Gasteiger partial charge in [0.1, 0.15) is 5.82 Å². The van der Waals surface area contributed by atoms with Gasteiger partial charge in [-0.15, -0.1) is 12.4 Å². The quantitative estimate of drug-likeness (QED) is 0.566. The third kappa shape index (κ3) is 5.26. The molecule has 4 nitrogen and oxygen atoms in total. The summed E-state index contributed by atoms with van der Waals surface area (Å²) in [6.45, 7) is 1.89. The molecule has 0 bridgehead atoms. The Morgan fingerprint density at radius 1 is 1.14 bits per heavy atom. The van der Waals surface area contributed by atoms with E-state index in [0.29, 0.717) is 5.69 Å². The van der Waals surface area contributed by atoms with Gasteiger partial charge in [0.15, 0.2) is 0 Å². The maximum Gasteiger partial charge on any atom is 0.416 e. The second-order valence-corrected chi connectivity index (χ2v) is 6.24. The molecule has 0 aliphatic heterocycles. The zero-order chi connectivity index (χ0) is 20.3. The number of nitrogens with zero attached hydrogens (tertiary/aromatic N) is 2. The number of amides is 1. The zero-order valence-corrected chi connectivity index (χ0v) is 16.5. The summed E-state index contributed by atoms with van der Waals surface area (Å²) in [6, 6.07) is 12.3. The molecule has 1 aromatic heterocycles. The van der Waals surface area contributed by atoms with Crippen molar-refractivity contribution < 1.29 is 18.0 Å². The lowest BCUT2D eigenvalue weighted by Crippen LogP contribution is -2.09. The van der Waals surface area contributed by atoms with Crippen molar-refractivity contribution in [3.63, 3.8) is 0 Å². The summed E-state index contributed by atoms with van der Waals surface area (Å²) < 4.78 is 41.0. The molecule has 1 N–H and O–H groups in total. The average molecular weight is 422 g/mol. The van der Waals surface area contributed by atoms with Crippen LogP contribution in [0, 0.1) is 6.92 Å². The summed E-state index contributed by atoms with van der Waals surface area (Å²) in [5.41, 5.74) is 1.45. The number of carbonyl (C=O) groups excluding carboxylic acids is 1. The number of aromatic nitrogens is 2. The summed E-state index contributed by atoms with van der Waals surface area (Å²) in [5, 5.41) is 2.67. The van der Waals surface area contributed by atoms with Crippen molar-refractivity contribution >= 4 is 30.1 Å². The Labute approximate surface area is 172 Å². The van der Waals surface area contributed by atoms with E-state index in [9.17, 15) is 18.0 Å². The Morgan fingerprint density at radius 3 is 2.52 bits per heavy atom. The van der Waals surface area contributed by atoms with E-state index in [1.165, 1.54) is 18.2 Å². The molecule has 29 heavy (non-hydrogen) atoms. The lowest BCUT2D eigenvalue weighted by atomic mass is 10.1. The van der Waals surface area contributed by atoms with Gasteiger partial charge in [0.25, 0.3) is 0 Å². The zero-order valence-electron chi connectivity index (χ0n) is 15.7. The number of carbonyl (C=O) groups is 1. The van der Waals surface area contributed by atoms with Gasteiger partial charge in [0.05, 0.1) is 17.5 Å². The maximum absolute atomic E-state index is 13.0. The molecule has 2 aromatic carbocycles. The van der Waals surface area contributed by atoms with Gasteiger partial charge in [-0.05, 0) is 36.8 Å². The number of rotatable bonds is 4. The summed E-state index contributed by atoms with van der Waals surface area (Å²) in [7, 11) is 1.89. The molecular weight excluding hydrogens is 403 g/mol. The van der Waals surface area contributed by atoms with Gasteiger partial charge in [-0.1, -0.05) is 30.3 Å². The SMILES string of the molecule is Cc1ncc(-c2cccc(NC(=O)/C=C/c3ccccc3C(F)(F)F)c2)n1C.Cl. The molecule has 0 aliphatic rings. The summed E-state index contributed by atoms with van der Waals surface area (Å²) in [6.07, 6.45) is -0.491. The highest BCUT2D eigenvalue weighted by molar-refractivity contribution is 6.02. The Balaban J connectivity index is 0.00000300. The van der Waals surface area contributed by atoms with Crippen molar-refractivity contribution in [2.24, 2.45) is 7.05 Å². The van der Waals surface area contributed by atoms with Crippen LogP contribution >= 0.6 is 12.4 Å². The molecule has 0 saturated carbocycles. The van der Waals surface area contributed by atoms with Crippen LogP contribution in [0.5, 0.6) is 0 Å². The van der Waals surface area contributed by atoms with Crippen molar-refractivity contribution in [1.82, 2.24) is 9.55 Å². The molecular formula is C21H19ClF3N3O. The first-order valence-electron chi connectivity index (χ1n) is 8.50. The summed E-state index contributed by atoms with van der Waals surface area (Å²) in [4.78, 5) is 16.4. The van der Waals surface area contributed by atoms with Gasteiger partial charge in [-0.3, -0.25) is 4.79 Å². The average Bonchev–Trinajstić information content (AvgIpc) is 2.99. The second-order valence-electron chi connectivity index (χ2n) is 6.24. The molecule has 1 amide bonds. The fourth-order valence-corrected chi connectivity index (χ4v) is 2.78. The lowest BCUT2D eigenvalue weighted by Gasteiger charge is -2.10. The van der Waals surface area contributed by atoms with Crippen molar-refractivity contribution in [2.45, 2.75) is 13.1 Å². The van der Waals surface area contributed by atoms with Crippen molar-refractivity contribution in [3.05, 3.63) is 77.8 Å². The molecule has 8 heteroatoms. The van der Waals surface area contributed by atoms with Crippen LogP contribution in [0.25, 0.3) is 17.3 Å². The minimum atomic E-state index is -4.48. The number of alkyl halides is 3. The van der Waals surface area contributed by atoms with Gasteiger partial charge >= 0.3 is 6.18 Å². The molecule has 0 spiro atoms. The normalized spacial score (nSPS) is 11.3. The highest BCUT2D eigenvalue weighted by atomic mass is 35.5. The molecule has 3 rings (SSSR count). The fourth-order valence-electron chi connectivity index (χ4n) is 2.78. The van der Waals surface area contributed by atoms with Crippen molar-refractivity contribution in [3.8, 4) is 11.3 Å².